The lowest BCUT2D eigenvalue weighted by Gasteiger charge is -2.32. The fourth-order valence-corrected chi connectivity index (χ4v) is 2.43. The number of rotatable bonds is 9. The molecule has 0 amide bonds. The molecule has 0 fully saturated rings. The Bertz CT molecular complexity index is 405. The minimum absolute atomic E-state index is 0.0532. The zero-order valence-electron chi connectivity index (χ0n) is 12.6. The maximum Gasteiger partial charge on any atom is 0.162 e. The number of methoxy groups -OCH3 is 1. The SMILES string of the molecule is CCC(CC)(CNCCOC)Cc1cccc(F)c1F. The number of nitrogens with one attached hydrogen (secondary N) is 1. The number of hydrogen-bond donors (Lipinski definition) is 1. The van der Waals surface area contributed by atoms with Crippen molar-refractivity contribution in [3.05, 3.63) is 35.4 Å². The van der Waals surface area contributed by atoms with Crippen molar-refractivity contribution in [2.75, 3.05) is 26.8 Å². The van der Waals surface area contributed by atoms with Crippen molar-refractivity contribution in [1.29, 1.82) is 0 Å². The average Bonchev–Trinajstić information content (AvgIpc) is 2.47. The van der Waals surface area contributed by atoms with E-state index in [1.165, 1.54) is 0 Å². The molecule has 1 aromatic rings. The Kier molecular flexibility index (Phi) is 7.10. The smallest absolute Gasteiger partial charge is 0.162 e. The van der Waals surface area contributed by atoms with E-state index in [0.29, 0.717) is 18.6 Å². The summed E-state index contributed by atoms with van der Waals surface area (Å²) in [5, 5.41) is 3.34. The molecule has 0 aliphatic carbocycles. The minimum atomic E-state index is -0.768. The van der Waals surface area contributed by atoms with Gasteiger partial charge in [0.25, 0.3) is 0 Å². The Morgan fingerprint density at radius 3 is 2.50 bits per heavy atom. The summed E-state index contributed by atoms with van der Waals surface area (Å²) in [4.78, 5) is 0. The van der Waals surface area contributed by atoms with Crippen LogP contribution in [0.1, 0.15) is 32.3 Å². The lowest BCUT2D eigenvalue weighted by atomic mass is 9.76. The Labute approximate surface area is 120 Å². The topological polar surface area (TPSA) is 21.3 Å². The van der Waals surface area contributed by atoms with Crippen LogP contribution in [0.3, 0.4) is 0 Å². The first-order valence-electron chi connectivity index (χ1n) is 7.21. The molecule has 0 radical (unpaired) electrons. The highest BCUT2D eigenvalue weighted by molar-refractivity contribution is 5.20. The van der Waals surface area contributed by atoms with Gasteiger partial charge in [-0.2, -0.15) is 0 Å². The number of hydrogen-bond acceptors (Lipinski definition) is 2. The fourth-order valence-electron chi connectivity index (χ4n) is 2.43. The monoisotopic (exact) mass is 285 g/mol. The van der Waals surface area contributed by atoms with Gasteiger partial charge in [-0.1, -0.05) is 26.0 Å². The molecule has 1 N–H and O–H groups in total. The van der Waals surface area contributed by atoms with Crippen LogP contribution in [0.15, 0.2) is 18.2 Å². The standard InChI is InChI=1S/C16H25F2NO/c1-4-16(5-2,12-19-9-10-20-3)11-13-7-6-8-14(17)15(13)18/h6-8,19H,4-5,9-12H2,1-3H3. The van der Waals surface area contributed by atoms with Crippen molar-refractivity contribution < 1.29 is 13.5 Å². The third kappa shape index (κ3) is 4.53. The summed E-state index contributed by atoms with van der Waals surface area (Å²) in [6, 6.07) is 4.41. The second kappa shape index (κ2) is 8.32. The Balaban J connectivity index is 2.77. The molecule has 0 saturated heterocycles. The molecule has 0 atom stereocenters. The van der Waals surface area contributed by atoms with E-state index in [9.17, 15) is 8.78 Å². The molecule has 0 aliphatic rings. The van der Waals surface area contributed by atoms with Gasteiger partial charge < -0.3 is 10.1 Å². The fraction of sp³-hybridized carbons (Fsp3) is 0.625. The molecule has 0 spiro atoms. The molecule has 0 saturated carbocycles. The van der Waals surface area contributed by atoms with Crippen LogP contribution in [0.4, 0.5) is 8.78 Å². The van der Waals surface area contributed by atoms with Gasteiger partial charge in [-0.25, -0.2) is 8.78 Å². The van der Waals surface area contributed by atoms with Gasteiger partial charge >= 0.3 is 0 Å². The largest absolute Gasteiger partial charge is 0.383 e. The van der Waals surface area contributed by atoms with Gasteiger partial charge in [0.2, 0.25) is 0 Å². The molecule has 0 unspecified atom stereocenters. The van der Waals surface area contributed by atoms with E-state index in [1.54, 1.807) is 19.2 Å². The first kappa shape index (κ1) is 17.1. The summed E-state index contributed by atoms with van der Waals surface area (Å²) in [6.07, 6.45) is 2.38. The maximum absolute atomic E-state index is 13.8. The van der Waals surface area contributed by atoms with Crippen molar-refractivity contribution in [2.45, 2.75) is 33.1 Å². The molecule has 4 heteroatoms. The van der Waals surface area contributed by atoms with Crippen molar-refractivity contribution in [3.8, 4) is 0 Å². The third-order valence-corrected chi connectivity index (χ3v) is 4.08. The molecule has 0 heterocycles. The average molecular weight is 285 g/mol. The van der Waals surface area contributed by atoms with Gasteiger partial charge in [0, 0.05) is 20.2 Å². The van der Waals surface area contributed by atoms with Gasteiger partial charge in [-0.3, -0.25) is 0 Å². The summed E-state index contributed by atoms with van der Waals surface area (Å²) in [7, 11) is 1.66. The normalized spacial score (nSPS) is 11.8. The van der Waals surface area contributed by atoms with E-state index in [4.69, 9.17) is 4.74 Å². The Hall–Kier alpha value is -1.00. The van der Waals surface area contributed by atoms with Crippen LogP contribution in [0.2, 0.25) is 0 Å². The summed E-state index contributed by atoms with van der Waals surface area (Å²) >= 11 is 0. The number of halogens is 2. The summed E-state index contributed by atoms with van der Waals surface area (Å²) in [6.45, 7) is 6.39. The zero-order valence-corrected chi connectivity index (χ0v) is 12.6. The molecule has 0 bridgehead atoms. The van der Waals surface area contributed by atoms with Crippen molar-refractivity contribution >= 4 is 0 Å². The first-order chi connectivity index (χ1) is 9.58. The zero-order chi connectivity index (χ0) is 15.0. The predicted octanol–water partition coefficient (Wildman–Crippen LogP) is 3.55. The molecule has 2 nitrogen and oxygen atoms in total. The maximum atomic E-state index is 13.8. The van der Waals surface area contributed by atoms with E-state index in [0.717, 1.165) is 32.0 Å². The second-order valence-corrected chi connectivity index (χ2v) is 5.27. The number of ether oxygens (including phenoxy) is 1. The van der Waals surface area contributed by atoms with Gasteiger partial charge in [-0.05, 0) is 36.3 Å². The molecule has 20 heavy (non-hydrogen) atoms. The van der Waals surface area contributed by atoms with E-state index < -0.39 is 11.6 Å². The third-order valence-electron chi connectivity index (χ3n) is 4.08. The summed E-state index contributed by atoms with van der Waals surface area (Å²) in [5.41, 5.74) is 0.407. The molecule has 0 aliphatic heterocycles. The Morgan fingerprint density at radius 2 is 1.90 bits per heavy atom. The van der Waals surface area contributed by atoms with E-state index in [-0.39, 0.29) is 5.41 Å². The van der Waals surface area contributed by atoms with Crippen LogP contribution in [0.5, 0.6) is 0 Å². The van der Waals surface area contributed by atoms with Crippen molar-refractivity contribution in [3.63, 3.8) is 0 Å². The van der Waals surface area contributed by atoms with Crippen LogP contribution < -0.4 is 5.32 Å². The molecular formula is C16H25F2NO. The van der Waals surface area contributed by atoms with Crippen LogP contribution in [-0.2, 0) is 11.2 Å². The highest BCUT2D eigenvalue weighted by Crippen LogP contribution is 2.31. The highest BCUT2D eigenvalue weighted by atomic mass is 19.2. The predicted molar refractivity (Wildman–Crippen MR) is 77.8 cm³/mol. The lowest BCUT2D eigenvalue weighted by Crippen LogP contribution is -2.37. The first-order valence-corrected chi connectivity index (χ1v) is 7.21. The van der Waals surface area contributed by atoms with Gasteiger partial charge in [0.05, 0.1) is 6.61 Å². The molecule has 0 aromatic heterocycles. The summed E-state index contributed by atoms with van der Waals surface area (Å²) in [5.74, 6) is -1.48. The lowest BCUT2D eigenvalue weighted by molar-refractivity contribution is 0.185. The van der Waals surface area contributed by atoms with E-state index in [1.807, 2.05) is 0 Å². The van der Waals surface area contributed by atoms with Gasteiger partial charge in [-0.15, -0.1) is 0 Å². The number of benzene rings is 1. The second-order valence-electron chi connectivity index (χ2n) is 5.27. The highest BCUT2D eigenvalue weighted by Gasteiger charge is 2.27. The molecule has 1 rings (SSSR count). The Morgan fingerprint density at radius 1 is 1.20 bits per heavy atom. The van der Waals surface area contributed by atoms with Crippen LogP contribution >= 0.6 is 0 Å². The van der Waals surface area contributed by atoms with Gasteiger partial charge in [0.15, 0.2) is 11.6 Å². The van der Waals surface area contributed by atoms with Crippen LogP contribution in [-0.4, -0.2) is 26.8 Å². The molecular weight excluding hydrogens is 260 g/mol. The van der Waals surface area contributed by atoms with Crippen molar-refractivity contribution in [2.24, 2.45) is 5.41 Å². The van der Waals surface area contributed by atoms with Gasteiger partial charge in [0.1, 0.15) is 0 Å². The quantitative estimate of drug-likeness (QED) is 0.701. The summed E-state index contributed by atoms with van der Waals surface area (Å²) < 4.78 is 32.1. The van der Waals surface area contributed by atoms with Crippen molar-refractivity contribution in [1.82, 2.24) is 5.32 Å². The van der Waals surface area contributed by atoms with E-state index >= 15 is 0 Å². The molecule has 114 valence electrons. The van der Waals surface area contributed by atoms with E-state index in [2.05, 4.69) is 19.2 Å². The minimum Gasteiger partial charge on any atom is -0.383 e. The van der Waals surface area contributed by atoms with Crippen LogP contribution in [0, 0.1) is 17.0 Å². The molecule has 1 aromatic carbocycles. The van der Waals surface area contributed by atoms with Crippen LogP contribution in [0.25, 0.3) is 0 Å².